The van der Waals surface area contributed by atoms with E-state index in [9.17, 15) is 0 Å². The molecule has 1 aliphatic rings. The Bertz CT molecular complexity index is 977. The van der Waals surface area contributed by atoms with Gasteiger partial charge in [-0.3, -0.25) is 0 Å². The Morgan fingerprint density at radius 1 is 1.27 bits per heavy atom. The maximum Gasteiger partial charge on any atom is 0.147 e. The average molecular weight is 371 g/mol. The molecule has 26 heavy (non-hydrogen) atoms. The fraction of sp³-hybridized carbons (Fsp3) is 0.550. The third-order valence-electron chi connectivity index (χ3n) is 4.81. The monoisotopic (exact) mass is 370 g/mol. The van der Waals surface area contributed by atoms with Gasteiger partial charge in [-0.05, 0) is 39.2 Å². The number of hydrogen-bond acceptors (Lipinski definition) is 6. The fourth-order valence-electron chi connectivity index (χ4n) is 3.36. The van der Waals surface area contributed by atoms with Crippen molar-refractivity contribution in [3.8, 4) is 0 Å². The van der Waals surface area contributed by atoms with E-state index < -0.39 is 0 Å². The lowest BCUT2D eigenvalue weighted by molar-refractivity contribution is -0.0411. The van der Waals surface area contributed by atoms with Gasteiger partial charge in [0.05, 0.1) is 28.1 Å². The largest absolute Gasteiger partial charge is 0.370 e. The first-order valence-corrected chi connectivity index (χ1v) is 10.1. The zero-order chi connectivity index (χ0) is 18.5. The highest BCUT2D eigenvalue weighted by atomic mass is 32.1. The van der Waals surface area contributed by atoms with E-state index in [-0.39, 0.29) is 5.60 Å². The molecule has 0 fully saturated rings. The quantitative estimate of drug-likeness (QED) is 0.711. The zero-order valence-corrected chi connectivity index (χ0v) is 17.0. The third kappa shape index (κ3) is 3.28. The predicted octanol–water partition coefficient (Wildman–Crippen LogP) is 4.86. The van der Waals surface area contributed by atoms with Crippen molar-refractivity contribution in [1.82, 2.24) is 15.0 Å². The smallest absolute Gasteiger partial charge is 0.147 e. The number of rotatable bonds is 4. The topological polar surface area (TPSA) is 59.9 Å². The molecule has 138 valence electrons. The van der Waals surface area contributed by atoms with E-state index >= 15 is 0 Å². The fourth-order valence-corrected chi connectivity index (χ4v) is 4.45. The zero-order valence-electron chi connectivity index (χ0n) is 16.1. The van der Waals surface area contributed by atoms with Gasteiger partial charge >= 0.3 is 0 Å². The van der Waals surface area contributed by atoms with E-state index in [4.69, 9.17) is 14.7 Å². The molecule has 0 saturated heterocycles. The molecule has 1 aliphatic heterocycles. The van der Waals surface area contributed by atoms with Gasteiger partial charge in [0, 0.05) is 23.9 Å². The van der Waals surface area contributed by atoms with Crippen LogP contribution in [-0.4, -0.2) is 27.1 Å². The summed E-state index contributed by atoms with van der Waals surface area (Å²) < 4.78 is 7.07. The van der Waals surface area contributed by atoms with Crippen LogP contribution in [0.2, 0.25) is 0 Å². The Morgan fingerprint density at radius 2 is 2.08 bits per heavy atom. The van der Waals surface area contributed by atoms with Gasteiger partial charge in [-0.15, -0.1) is 11.3 Å². The van der Waals surface area contributed by atoms with Gasteiger partial charge in [-0.25, -0.2) is 15.0 Å². The van der Waals surface area contributed by atoms with Crippen LogP contribution in [-0.2, 0) is 17.8 Å². The van der Waals surface area contributed by atoms with E-state index in [1.54, 1.807) is 11.3 Å². The van der Waals surface area contributed by atoms with Crippen molar-refractivity contribution >= 4 is 37.6 Å². The Hall–Kier alpha value is -1.79. The summed E-state index contributed by atoms with van der Waals surface area (Å²) >= 11 is 1.69. The Kier molecular flexibility index (Phi) is 4.35. The molecule has 0 bridgehead atoms. The van der Waals surface area contributed by atoms with Crippen molar-refractivity contribution in [2.75, 3.05) is 11.9 Å². The lowest BCUT2D eigenvalue weighted by atomic mass is 9.95. The minimum absolute atomic E-state index is 0.148. The van der Waals surface area contributed by atoms with Gasteiger partial charge in [0.2, 0.25) is 0 Å². The number of aromatic nitrogens is 3. The van der Waals surface area contributed by atoms with Crippen molar-refractivity contribution in [3.63, 3.8) is 0 Å². The van der Waals surface area contributed by atoms with E-state index in [1.165, 1.54) is 5.56 Å². The third-order valence-corrected chi connectivity index (χ3v) is 5.91. The molecular formula is C20H26N4OS. The number of thiophene rings is 1. The maximum absolute atomic E-state index is 5.97. The van der Waals surface area contributed by atoms with Crippen LogP contribution in [0.4, 0.5) is 5.82 Å². The summed E-state index contributed by atoms with van der Waals surface area (Å²) in [6.45, 7) is 12.2. The number of pyridine rings is 1. The predicted molar refractivity (Wildman–Crippen MR) is 108 cm³/mol. The van der Waals surface area contributed by atoms with E-state index in [0.29, 0.717) is 12.5 Å². The molecule has 0 radical (unpaired) electrons. The highest BCUT2D eigenvalue weighted by molar-refractivity contribution is 7.25. The minimum atomic E-state index is -0.148. The molecule has 0 amide bonds. The number of hydrogen-bond donors (Lipinski definition) is 1. The van der Waals surface area contributed by atoms with Gasteiger partial charge in [-0.1, -0.05) is 13.8 Å². The van der Waals surface area contributed by atoms with Crippen molar-refractivity contribution in [2.45, 2.75) is 59.7 Å². The molecule has 0 saturated carbocycles. The van der Waals surface area contributed by atoms with E-state index in [1.807, 2.05) is 6.92 Å². The highest BCUT2D eigenvalue weighted by Crippen LogP contribution is 2.38. The summed E-state index contributed by atoms with van der Waals surface area (Å²) in [6.07, 6.45) is 1.96. The summed E-state index contributed by atoms with van der Waals surface area (Å²) in [5.41, 5.74) is 3.19. The first kappa shape index (κ1) is 17.6. The molecule has 4 rings (SSSR count). The number of aryl methyl sites for hydroxylation is 1. The first-order valence-electron chi connectivity index (χ1n) is 9.30. The molecule has 3 aromatic heterocycles. The lowest BCUT2D eigenvalue weighted by Gasteiger charge is -2.30. The molecule has 0 aromatic carbocycles. The van der Waals surface area contributed by atoms with Gasteiger partial charge in [-0.2, -0.15) is 0 Å². The van der Waals surface area contributed by atoms with Crippen LogP contribution >= 0.6 is 11.3 Å². The molecule has 4 heterocycles. The van der Waals surface area contributed by atoms with E-state index in [2.05, 4.69) is 44.1 Å². The molecule has 0 aliphatic carbocycles. The van der Waals surface area contributed by atoms with Crippen molar-refractivity contribution in [3.05, 3.63) is 23.1 Å². The van der Waals surface area contributed by atoms with Crippen molar-refractivity contribution < 1.29 is 4.74 Å². The van der Waals surface area contributed by atoms with Crippen LogP contribution < -0.4 is 5.32 Å². The second-order valence-electron chi connectivity index (χ2n) is 8.18. The second kappa shape index (κ2) is 6.43. The van der Waals surface area contributed by atoms with Crippen LogP contribution in [0.25, 0.3) is 20.4 Å². The number of anilines is 1. The van der Waals surface area contributed by atoms with Crippen LogP contribution in [0.15, 0.2) is 6.07 Å². The summed E-state index contributed by atoms with van der Waals surface area (Å²) in [7, 11) is 0. The van der Waals surface area contributed by atoms with Gasteiger partial charge in [0.15, 0.2) is 0 Å². The van der Waals surface area contributed by atoms with Crippen LogP contribution in [0.5, 0.6) is 0 Å². The second-order valence-corrected chi connectivity index (χ2v) is 9.18. The number of ether oxygens (including phenoxy) is 1. The highest BCUT2D eigenvalue weighted by Gasteiger charge is 2.28. The minimum Gasteiger partial charge on any atom is -0.370 e. The number of nitrogens with one attached hydrogen (secondary N) is 1. The molecule has 6 heteroatoms. The van der Waals surface area contributed by atoms with Gasteiger partial charge < -0.3 is 10.1 Å². The van der Waals surface area contributed by atoms with Crippen molar-refractivity contribution in [1.29, 1.82) is 0 Å². The molecule has 3 aromatic rings. The first-order chi connectivity index (χ1) is 12.3. The van der Waals surface area contributed by atoms with E-state index in [0.717, 1.165) is 57.2 Å². The number of nitrogens with zero attached hydrogens (tertiary/aromatic N) is 3. The van der Waals surface area contributed by atoms with Gasteiger partial charge in [0.25, 0.3) is 0 Å². The Morgan fingerprint density at radius 3 is 2.85 bits per heavy atom. The lowest BCUT2D eigenvalue weighted by Crippen LogP contribution is -2.32. The maximum atomic E-state index is 5.97. The molecule has 0 unspecified atom stereocenters. The van der Waals surface area contributed by atoms with Crippen molar-refractivity contribution in [2.24, 2.45) is 5.92 Å². The Balaban J connectivity index is 1.81. The van der Waals surface area contributed by atoms with Crippen LogP contribution in [0.3, 0.4) is 0 Å². The standard InChI is InChI=1S/C20H26N4OS/c1-11(2)6-7-21-18-17-16(22-12(3)23-18)14-8-13-10-25-20(4,5)9-15(13)24-19(14)26-17/h8,11H,6-7,9-10H2,1-5H3,(H,21,22,23). The normalized spacial score (nSPS) is 16.4. The number of fused-ring (bicyclic) bond motifs is 4. The van der Waals surface area contributed by atoms with Gasteiger partial charge in [0.1, 0.15) is 16.5 Å². The summed E-state index contributed by atoms with van der Waals surface area (Å²) in [4.78, 5) is 15.4. The molecule has 5 nitrogen and oxygen atoms in total. The molecule has 0 spiro atoms. The van der Waals surface area contributed by atoms with Crippen LogP contribution in [0.1, 0.15) is 51.2 Å². The molecule has 1 N–H and O–H groups in total. The molecule has 0 atom stereocenters. The molecular weight excluding hydrogens is 344 g/mol. The summed E-state index contributed by atoms with van der Waals surface area (Å²) in [5.74, 6) is 2.39. The Labute approximate surface area is 158 Å². The van der Waals surface area contributed by atoms with Crippen LogP contribution in [0, 0.1) is 12.8 Å². The summed E-state index contributed by atoms with van der Waals surface area (Å²) in [5, 5.41) is 4.63. The SMILES string of the molecule is Cc1nc(NCCC(C)C)c2sc3nc4c(cc3c2n1)COC(C)(C)C4. The average Bonchev–Trinajstić information content (AvgIpc) is 2.89. The summed E-state index contributed by atoms with van der Waals surface area (Å²) in [6, 6.07) is 2.22.